The van der Waals surface area contributed by atoms with Gasteiger partial charge in [-0.1, -0.05) is 60.1 Å². The van der Waals surface area contributed by atoms with Gasteiger partial charge in [-0.05, 0) is 42.0 Å². The lowest BCUT2D eigenvalue weighted by Crippen LogP contribution is -2.13. The van der Waals surface area contributed by atoms with E-state index in [9.17, 15) is 8.42 Å². The number of benzene rings is 3. The van der Waals surface area contributed by atoms with Gasteiger partial charge in [0.15, 0.2) is 5.37 Å². The molecule has 3 aromatic rings. The van der Waals surface area contributed by atoms with Gasteiger partial charge >= 0.3 is 0 Å². The molecule has 0 saturated carbocycles. The second-order valence-corrected chi connectivity index (χ2v) is 8.47. The Balaban J connectivity index is 1.77. The van der Waals surface area contributed by atoms with Crippen LogP contribution in [0.4, 0.5) is 5.69 Å². The first-order valence-corrected chi connectivity index (χ1v) is 9.89. The topological polar surface area (TPSA) is 37.1 Å². The van der Waals surface area contributed by atoms with Gasteiger partial charge in [-0.15, -0.1) is 0 Å². The predicted octanol–water partition coefficient (Wildman–Crippen LogP) is 4.70. The van der Waals surface area contributed by atoms with Crippen LogP contribution in [0.3, 0.4) is 0 Å². The van der Waals surface area contributed by atoms with Gasteiger partial charge < -0.3 is 4.90 Å². The summed E-state index contributed by atoms with van der Waals surface area (Å²) in [7, 11) is -3.48. The Morgan fingerprint density at radius 3 is 1.92 bits per heavy atom. The highest BCUT2D eigenvalue weighted by Crippen LogP contribution is 2.51. The van der Waals surface area contributed by atoms with Crippen molar-refractivity contribution in [1.82, 2.24) is 0 Å². The van der Waals surface area contributed by atoms with E-state index in [0.29, 0.717) is 9.92 Å². The maximum absolute atomic E-state index is 13.2. The molecule has 0 N–H and O–H groups in total. The summed E-state index contributed by atoms with van der Waals surface area (Å²) in [6, 6.07) is 25.4. The standard InChI is InChI=1S/C20H16ClNO2S/c21-16-13-11-15(12-14-16)19-20(22(19)17-7-3-1-4-8-17)25(23,24)18-9-5-2-6-10-18/h1-14,19-20H. The molecule has 1 fully saturated rings. The van der Waals surface area contributed by atoms with Crippen LogP contribution in [0.5, 0.6) is 0 Å². The Kier molecular flexibility index (Phi) is 4.02. The van der Waals surface area contributed by atoms with Gasteiger partial charge in [0.1, 0.15) is 0 Å². The second kappa shape index (κ2) is 6.21. The van der Waals surface area contributed by atoms with Gasteiger partial charge in [0, 0.05) is 10.7 Å². The summed E-state index contributed by atoms with van der Waals surface area (Å²) >= 11 is 5.98. The van der Waals surface area contributed by atoms with Gasteiger partial charge in [-0.25, -0.2) is 8.42 Å². The average molecular weight is 370 g/mol. The Morgan fingerprint density at radius 2 is 1.32 bits per heavy atom. The third kappa shape index (κ3) is 2.92. The molecule has 0 aromatic heterocycles. The molecule has 0 spiro atoms. The minimum atomic E-state index is -3.48. The number of para-hydroxylation sites is 1. The lowest BCUT2D eigenvalue weighted by atomic mass is 10.1. The summed E-state index contributed by atoms with van der Waals surface area (Å²) in [6.07, 6.45) is 0. The lowest BCUT2D eigenvalue weighted by Gasteiger charge is -2.06. The number of sulfone groups is 1. The number of halogens is 1. The van der Waals surface area contributed by atoms with E-state index in [0.717, 1.165) is 11.3 Å². The molecule has 3 aromatic carbocycles. The first-order chi connectivity index (χ1) is 12.1. The van der Waals surface area contributed by atoms with Crippen molar-refractivity contribution in [2.24, 2.45) is 0 Å². The molecule has 1 saturated heterocycles. The first-order valence-electron chi connectivity index (χ1n) is 7.97. The van der Waals surface area contributed by atoms with Crippen molar-refractivity contribution in [3.05, 3.63) is 95.5 Å². The fraction of sp³-hybridized carbons (Fsp3) is 0.100. The Bertz CT molecular complexity index is 973. The van der Waals surface area contributed by atoms with E-state index in [2.05, 4.69) is 0 Å². The maximum Gasteiger partial charge on any atom is 0.201 e. The highest BCUT2D eigenvalue weighted by Gasteiger charge is 2.57. The number of hydrogen-bond acceptors (Lipinski definition) is 3. The minimum Gasteiger partial charge on any atom is -0.342 e. The number of hydrogen-bond donors (Lipinski definition) is 0. The van der Waals surface area contributed by atoms with Crippen LogP contribution in [0.15, 0.2) is 89.8 Å². The summed E-state index contributed by atoms with van der Waals surface area (Å²) in [6.45, 7) is 0. The van der Waals surface area contributed by atoms with Crippen molar-refractivity contribution >= 4 is 27.1 Å². The van der Waals surface area contributed by atoms with E-state index in [4.69, 9.17) is 11.6 Å². The molecule has 1 heterocycles. The van der Waals surface area contributed by atoms with Crippen LogP contribution in [0.1, 0.15) is 11.6 Å². The van der Waals surface area contributed by atoms with E-state index < -0.39 is 15.2 Å². The molecule has 2 atom stereocenters. The van der Waals surface area contributed by atoms with Crippen LogP contribution in [-0.4, -0.2) is 13.8 Å². The smallest absolute Gasteiger partial charge is 0.201 e. The number of nitrogens with zero attached hydrogens (tertiary/aromatic N) is 1. The highest BCUT2D eigenvalue weighted by atomic mass is 35.5. The van der Waals surface area contributed by atoms with Crippen LogP contribution in [0.2, 0.25) is 5.02 Å². The van der Waals surface area contributed by atoms with E-state index in [1.807, 2.05) is 53.4 Å². The lowest BCUT2D eigenvalue weighted by molar-refractivity contribution is 0.594. The molecule has 5 heteroatoms. The molecule has 0 amide bonds. The normalized spacial score (nSPS) is 19.6. The zero-order valence-corrected chi connectivity index (χ0v) is 14.9. The zero-order chi connectivity index (χ0) is 17.4. The van der Waals surface area contributed by atoms with Crippen molar-refractivity contribution < 1.29 is 8.42 Å². The largest absolute Gasteiger partial charge is 0.342 e. The van der Waals surface area contributed by atoms with Crippen LogP contribution in [-0.2, 0) is 9.84 Å². The van der Waals surface area contributed by atoms with E-state index >= 15 is 0 Å². The van der Waals surface area contributed by atoms with Gasteiger partial charge in [0.05, 0.1) is 10.9 Å². The van der Waals surface area contributed by atoms with Crippen LogP contribution < -0.4 is 4.90 Å². The summed E-state index contributed by atoms with van der Waals surface area (Å²) in [5, 5.41) is 0.0246. The Hall–Kier alpha value is -2.30. The molecule has 0 radical (unpaired) electrons. The quantitative estimate of drug-likeness (QED) is 0.625. The first kappa shape index (κ1) is 16.2. The highest BCUT2D eigenvalue weighted by molar-refractivity contribution is 7.92. The fourth-order valence-electron chi connectivity index (χ4n) is 3.17. The summed E-state index contributed by atoms with van der Waals surface area (Å²) in [5.41, 5.74) is 1.84. The third-order valence-corrected chi connectivity index (χ3v) is 6.71. The molecule has 126 valence electrons. The molecule has 1 aliphatic rings. The predicted molar refractivity (Wildman–Crippen MR) is 101 cm³/mol. The van der Waals surface area contributed by atoms with Gasteiger partial charge in [0.2, 0.25) is 9.84 Å². The monoisotopic (exact) mass is 369 g/mol. The molecular formula is C20H16ClNO2S. The molecule has 1 aliphatic heterocycles. The molecule has 3 nitrogen and oxygen atoms in total. The molecule has 4 rings (SSSR count). The molecule has 2 unspecified atom stereocenters. The molecule has 0 bridgehead atoms. The van der Waals surface area contributed by atoms with Crippen LogP contribution >= 0.6 is 11.6 Å². The van der Waals surface area contributed by atoms with Crippen LogP contribution in [0, 0.1) is 0 Å². The van der Waals surface area contributed by atoms with Crippen molar-refractivity contribution in [3.8, 4) is 0 Å². The van der Waals surface area contributed by atoms with E-state index in [-0.39, 0.29) is 6.04 Å². The van der Waals surface area contributed by atoms with Gasteiger partial charge in [-0.3, -0.25) is 0 Å². The molecule has 0 aliphatic carbocycles. The van der Waals surface area contributed by atoms with Crippen molar-refractivity contribution in [3.63, 3.8) is 0 Å². The average Bonchev–Trinajstić information content (AvgIpc) is 3.40. The Morgan fingerprint density at radius 1 is 0.760 bits per heavy atom. The maximum atomic E-state index is 13.2. The summed E-state index contributed by atoms with van der Waals surface area (Å²) < 4.78 is 26.3. The number of rotatable bonds is 4. The van der Waals surface area contributed by atoms with E-state index in [1.165, 1.54) is 0 Å². The van der Waals surface area contributed by atoms with Crippen molar-refractivity contribution in [1.29, 1.82) is 0 Å². The minimum absolute atomic E-state index is 0.218. The molecule has 25 heavy (non-hydrogen) atoms. The SMILES string of the molecule is O=S(=O)(c1ccccc1)C1C(c2ccc(Cl)cc2)N1c1ccccc1. The zero-order valence-electron chi connectivity index (χ0n) is 13.3. The van der Waals surface area contributed by atoms with Crippen molar-refractivity contribution in [2.75, 3.05) is 4.90 Å². The summed E-state index contributed by atoms with van der Waals surface area (Å²) in [4.78, 5) is 2.28. The Labute approximate surface area is 152 Å². The fourth-order valence-corrected chi connectivity index (χ4v) is 5.22. The number of anilines is 1. The summed E-state index contributed by atoms with van der Waals surface area (Å²) in [5.74, 6) is 0. The second-order valence-electron chi connectivity index (χ2n) is 5.99. The van der Waals surface area contributed by atoms with E-state index in [1.54, 1.807) is 36.4 Å². The van der Waals surface area contributed by atoms with Crippen LogP contribution in [0.25, 0.3) is 0 Å². The molecular weight excluding hydrogens is 354 g/mol. The van der Waals surface area contributed by atoms with Gasteiger partial charge in [-0.2, -0.15) is 0 Å². The van der Waals surface area contributed by atoms with Crippen molar-refractivity contribution in [2.45, 2.75) is 16.3 Å². The third-order valence-electron chi connectivity index (χ3n) is 4.41. The van der Waals surface area contributed by atoms with Gasteiger partial charge in [0.25, 0.3) is 0 Å².